The molecule has 0 radical (unpaired) electrons. The van der Waals surface area contributed by atoms with Crippen LogP contribution in [0.25, 0.3) is 0 Å². The Morgan fingerprint density at radius 2 is 1.90 bits per heavy atom. The van der Waals surface area contributed by atoms with E-state index in [1.54, 1.807) is 7.11 Å². The Morgan fingerprint density at radius 3 is 2.35 bits per heavy atom. The Morgan fingerprint density at radius 1 is 1.30 bits per heavy atom. The van der Waals surface area contributed by atoms with Crippen molar-refractivity contribution in [2.75, 3.05) is 12.4 Å². The van der Waals surface area contributed by atoms with Crippen molar-refractivity contribution < 1.29 is 9.53 Å². The molecule has 0 fully saturated rings. The maximum absolute atomic E-state index is 12.1. The fraction of sp³-hybridized carbons (Fsp3) is 0.562. The largest absolute Gasteiger partial charge is 0.495 e. The number of nitrogens with one attached hydrogen (secondary N) is 1. The fourth-order valence-corrected chi connectivity index (χ4v) is 1.79. The second kappa shape index (κ2) is 6.27. The summed E-state index contributed by atoms with van der Waals surface area (Å²) >= 11 is 0. The van der Waals surface area contributed by atoms with E-state index in [1.807, 2.05) is 32.0 Å². The lowest BCUT2D eigenvalue weighted by molar-refractivity contribution is -0.118. The average molecular weight is 278 g/mol. The second-order valence-electron chi connectivity index (χ2n) is 6.42. The van der Waals surface area contributed by atoms with E-state index in [2.05, 4.69) is 26.1 Å². The van der Waals surface area contributed by atoms with Crippen LogP contribution in [0.5, 0.6) is 5.75 Å². The molecule has 0 bridgehead atoms. The van der Waals surface area contributed by atoms with Crippen molar-refractivity contribution in [1.29, 1.82) is 0 Å². The Balaban J connectivity index is 3.06. The molecule has 0 aliphatic rings. The zero-order chi connectivity index (χ0) is 15.5. The third-order valence-electron chi connectivity index (χ3n) is 3.34. The van der Waals surface area contributed by atoms with Crippen molar-refractivity contribution in [3.63, 3.8) is 0 Å². The van der Waals surface area contributed by atoms with Crippen LogP contribution in [-0.2, 0) is 10.2 Å². The number of carbonyl (C=O) groups excluding carboxylic acids is 1. The molecule has 0 saturated carbocycles. The van der Waals surface area contributed by atoms with Crippen molar-refractivity contribution in [2.24, 2.45) is 11.7 Å². The molecule has 1 atom stereocenters. The maximum atomic E-state index is 12.1. The lowest BCUT2D eigenvalue weighted by Crippen LogP contribution is -2.39. The predicted octanol–water partition coefficient (Wildman–Crippen LogP) is 2.91. The zero-order valence-electron chi connectivity index (χ0n) is 13.3. The van der Waals surface area contributed by atoms with Crippen molar-refractivity contribution in [1.82, 2.24) is 0 Å². The van der Waals surface area contributed by atoms with Crippen molar-refractivity contribution in [2.45, 2.75) is 46.1 Å². The first-order valence-corrected chi connectivity index (χ1v) is 6.91. The number of hydrogen-bond acceptors (Lipinski definition) is 3. The minimum atomic E-state index is -0.530. The standard InChI is InChI=1S/C16H26N2O2/c1-10(2)14(17)15(19)18-12-9-11(16(3,4)5)7-8-13(12)20-6/h7-10,14H,17H2,1-6H3,(H,18,19)/t14-/m1/s1. The average Bonchev–Trinajstić information content (AvgIpc) is 2.36. The lowest BCUT2D eigenvalue weighted by atomic mass is 9.86. The van der Waals surface area contributed by atoms with E-state index in [0.29, 0.717) is 11.4 Å². The minimum Gasteiger partial charge on any atom is -0.495 e. The third kappa shape index (κ3) is 3.97. The SMILES string of the molecule is COc1ccc(C(C)(C)C)cc1NC(=O)[C@H](N)C(C)C. The Hall–Kier alpha value is -1.55. The summed E-state index contributed by atoms with van der Waals surface area (Å²) in [6.07, 6.45) is 0. The Kier molecular flexibility index (Phi) is 5.17. The van der Waals surface area contributed by atoms with Crippen LogP contribution in [0.3, 0.4) is 0 Å². The first-order valence-electron chi connectivity index (χ1n) is 6.91. The first kappa shape index (κ1) is 16.5. The van der Waals surface area contributed by atoms with Gasteiger partial charge in [0.1, 0.15) is 5.75 Å². The van der Waals surface area contributed by atoms with Gasteiger partial charge in [-0.3, -0.25) is 4.79 Å². The van der Waals surface area contributed by atoms with Crippen LogP contribution in [-0.4, -0.2) is 19.1 Å². The topological polar surface area (TPSA) is 64.3 Å². The second-order valence-corrected chi connectivity index (χ2v) is 6.42. The van der Waals surface area contributed by atoms with Gasteiger partial charge in [0.2, 0.25) is 5.91 Å². The van der Waals surface area contributed by atoms with Gasteiger partial charge in [-0.2, -0.15) is 0 Å². The summed E-state index contributed by atoms with van der Waals surface area (Å²) in [5.41, 5.74) is 7.68. The van der Waals surface area contributed by atoms with E-state index >= 15 is 0 Å². The third-order valence-corrected chi connectivity index (χ3v) is 3.34. The highest BCUT2D eigenvalue weighted by Crippen LogP contribution is 2.31. The Bertz CT molecular complexity index is 476. The van der Waals surface area contributed by atoms with Crippen molar-refractivity contribution >= 4 is 11.6 Å². The molecule has 0 aromatic heterocycles. The van der Waals surface area contributed by atoms with E-state index in [1.165, 1.54) is 0 Å². The van der Waals surface area contributed by atoms with Gasteiger partial charge in [0.15, 0.2) is 0 Å². The molecule has 112 valence electrons. The van der Waals surface area contributed by atoms with E-state index in [4.69, 9.17) is 10.5 Å². The van der Waals surface area contributed by atoms with Crippen LogP contribution in [0, 0.1) is 5.92 Å². The summed E-state index contributed by atoms with van der Waals surface area (Å²) < 4.78 is 5.30. The Labute approximate surface area is 121 Å². The van der Waals surface area contributed by atoms with E-state index < -0.39 is 6.04 Å². The predicted molar refractivity (Wildman–Crippen MR) is 83.1 cm³/mol. The molecule has 1 rings (SSSR count). The van der Waals surface area contributed by atoms with E-state index in [9.17, 15) is 4.79 Å². The van der Waals surface area contributed by atoms with Gasteiger partial charge in [-0.1, -0.05) is 40.7 Å². The molecule has 0 aliphatic heterocycles. The highest BCUT2D eigenvalue weighted by Gasteiger charge is 2.20. The molecule has 0 unspecified atom stereocenters. The van der Waals surface area contributed by atoms with E-state index in [-0.39, 0.29) is 17.2 Å². The molecule has 4 nitrogen and oxygen atoms in total. The van der Waals surface area contributed by atoms with Crippen LogP contribution in [0.1, 0.15) is 40.2 Å². The summed E-state index contributed by atoms with van der Waals surface area (Å²) in [4.78, 5) is 12.1. The number of benzene rings is 1. The number of hydrogen-bond donors (Lipinski definition) is 2. The summed E-state index contributed by atoms with van der Waals surface area (Å²) in [5, 5.41) is 2.87. The normalized spacial score (nSPS) is 13.2. The van der Waals surface area contributed by atoms with Crippen molar-refractivity contribution in [3.05, 3.63) is 23.8 Å². The van der Waals surface area contributed by atoms with Gasteiger partial charge in [-0.05, 0) is 29.0 Å². The maximum Gasteiger partial charge on any atom is 0.241 e. The number of ether oxygens (including phenoxy) is 1. The monoisotopic (exact) mass is 278 g/mol. The summed E-state index contributed by atoms with van der Waals surface area (Å²) in [6.45, 7) is 10.2. The number of methoxy groups -OCH3 is 1. The molecule has 4 heteroatoms. The highest BCUT2D eigenvalue weighted by molar-refractivity contribution is 5.96. The van der Waals surface area contributed by atoms with Crippen LogP contribution in [0.2, 0.25) is 0 Å². The van der Waals surface area contributed by atoms with Crippen LogP contribution in [0.4, 0.5) is 5.69 Å². The van der Waals surface area contributed by atoms with Crippen LogP contribution in [0.15, 0.2) is 18.2 Å². The molecule has 0 heterocycles. The summed E-state index contributed by atoms with van der Waals surface area (Å²) in [5.74, 6) is 0.540. The number of carbonyl (C=O) groups is 1. The highest BCUT2D eigenvalue weighted by atomic mass is 16.5. The first-order chi connectivity index (χ1) is 9.16. The number of rotatable bonds is 4. The van der Waals surface area contributed by atoms with Gasteiger partial charge in [-0.25, -0.2) is 0 Å². The van der Waals surface area contributed by atoms with Crippen LogP contribution < -0.4 is 15.8 Å². The van der Waals surface area contributed by atoms with Gasteiger partial charge in [0.05, 0.1) is 18.8 Å². The quantitative estimate of drug-likeness (QED) is 0.890. The van der Waals surface area contributed by atoms with E-state index in [0.717, 1.165) is 5.56 Å². The van der Waals surface area contributed by atoms with Gasteiger partial charge < -0.3 is 15.8 Å². The fourth-order valence-electron chi connectivity index (χ4n) is 1.79. The summed E-state index contributed by atoms with van der Waals surface area (Å²) in [7, 11) is 1.59. The lowest BCUT2D eigenvalue weighted by Gasteiger charge is -2.22. The molecule has 3 N–H and O–H groups in total. The number of nitrogens with two attached hydrogens (primary N) is 1. The molecule has 1 aromatic carbocycles. The molecule has 20 heavy (non-hydrogen) atoms. The molecular weight excluding hydrogens is 252 g/mol. The molecular formula is C16H26N2O2. The van der Waals surface area contributed by atoms with Crippen LogP contribution >= 0.6 is 0 Å². The van der Waals surface area contributed by atoms with Gasteiger partial charge in [0, 0.05) is 0 Å². The molecule has 1 amide bonds. The number of anilines is 1. The molecule has 1 aromatic rings. The molecule has 0 aliphatic carbocycles. The van der Waals surface area contributed by atoms with Gasteiger partial charge >= 0.3 is 0 Å². The molecule has 0 saturated heterocycles. The molecule has 0 spiro atoms. The summed E-state index contributed by atoms with van der Waals surface area (Å²) in [6, 6.07) is 5.30. The van der Waals surface area contributed by atoms with Crippen molar-refractivity contribution in [3.8, 4) is 5.75 Å². The number of amides is 1. The van der Waals surface area contributed by atoms with Gasteiger partial charge in [0.25, 0.3) is 0 Å². The van der Waals surface area contributed by atoms with Gasteiger partial charge in [-0.15, -0.1) is 0 Å². The minimum absolute atomic E-state index is 0.00587. The smallest absolute Gasteiger partial charge is 0.241 e. The zero-order valence-corrected chi connectivity index (χ0v) is 13.3.